The molecule has 4 nitrogen and oxygen atoms in total. The van der Waals surface area contributed by atoms with Gasteiger partial charge in [0, 0.05) is 13.2 Å². The summed E-state index contributed by atoms with van der Waals surface area (Å²) in [6.07, 6.45) is 5.05. The molecule has 1 aromatic rings. The molecule has 2 heterocycles. The predicted octanol–water partition coefficient (Wildman–Crippen LogP) is 3.21. The van der Waals surface area contributed by atoms with Crippen LogP contribution in [0.4, 0.5) is 0 Å². The maximum absolute atomic E-state index is 5.94. The van der Waals surface area contributed by atoms with Crippen LogP contribution in [-0.4, -0.2) is 51.5 Å². The van der Waals surface area contributed by atoms with E-state index in [1.807, 2.05) is 24.3 Å². The standard InChI is InChI=1S/C19H29NO3/c1-21-18-4-6-19(7-5-18)23-15-16-8-10-20(11-9-16)13-17-3-2-12-22-14-17/h4-7,16-17H,2-3,8-15H2,1H3/t17-/m1/s1. The van der Waals surface area contributed by atoms with Crippen molar-refractivity contribution < 1.29 is 14.2 Å². The molecule has 0 aliphatic carbocycles. The molecule has 2 saturated heterocycles. The van der Waals surface area contributed by atoms with E-state index < -0.39 is 0 Å². The zero-order valence-corrected chi connectivity index (χ0v) is 14.2. The molecule has 4 heteroatoms. The summed E-state index contributed by atoms with van der Waals surface area (Å²) in [4.78, 5) is 2.61. The Bertz CT molecular complexity index is 448. The lowest BCUT2D eigenvalue weighted by molar-refractivity contribution is 0.0307. The Balaban J connectivity index is 1.35. The first-order chi connectivity index (χ1) is 11.3. The summed E-state index contributed by atoms with van der Waals surface area (Å²) in [6, 6.07) is 7.86. The highest BCUT2D eigenvalue weighted by atomic mass is 16.5. The van der Waals surface area contributed by atoms with E-state index in [-0.39, 0.29) is 0 Å². The Hall–Kier alpha value is -1.26. The van der Waals surface area contributed by atoms with Crippen molar-refractivity contribution in [2.24, 2.45) is 11.8 Å². The van der Waals surface area contributed by atoms with Crippen molar-refractivity contribution in [3.63, 3.8) is 0 Å². The molecule has 128 valence electrons. The largest absolute Gasteiger partial charge is 0.497 e. The van der Waals surface area contributed by atoms with Crippen LogP contribution >= 0.6 is 0 Å². The third-order valence-corrected chi connectivity index (χ3v) is 5.02. The van der Waals surface area contributed by atoms with Gasteiger partial charge in [-0.25, -0.2) is 0 Å². The van der Waals surface area contributed by atoms with Gasteiger partial charge in [0.1, 0.15) is 11.5 Å². The fraction of sp³-hybridized carbons (Fsp3) is 0.684. The molecule has 2 fully saturated rings. The van der Waals surface area contributed by atoms with Crippen molar-refractivity contribution >= 4 is 0 Å². The number of piperidine rings is 1. The first kappa shape index (κ1) is 16.6. The molecule has 23 heavy (non-hydrogen) atoms. The lowest BCUT2D eigenvalue weighted by atomic mass is 9.95. The van der Waals surface area contributed by atoms with Crippen LogP contribution in [0.25, 0.3) is 0 Å². The second-order valence-electron chi connectivity index (χ2n) is 6.81. The van der Waals surface area contributed by atoms with Crippen molar-refractivity contribution in [1.82, 2.24) is 4.90 Å². The summed E-state index contributed by atoms with van der Waals surface area (Å²) < 4.78 is 16.7. The Morgan fingerprint density at radius 3 is 2.43 bits per heavy atom. The van der Waals surface area contributed by atoms with E-state index in [1.165, 1.54) is 45.3 Å². The zero-order chi connectivity index (χ0) is 15.9. The van der Waals surface area contributed by atoms with Gasteiger partial charge in [-0.1, -0.05) is 0 Å². The van der Waals surface area contributed by atoms with Gasteiger partial charge in [0.2, 0.25) is 0 Å². The van der Waals surface area contributed by atoms with Gasteiger partial charge in [-0.05, 0) is 74.9 Å². The number of nitrogens with zero attached hydrogens (tertiary/aromatic N) is 1. The van der Waals surface area contributed by atoms with E-state index in [2.05, 4.69) is 4.90 Å². The van der Waals surface area contributed by atoms with Gasteiger partial charge in [0.05, 0.1) is 20.3 Å². The lowest BCUT2D eigenvalue weighted by Crippen LogP contribution is -2.40. The highest BCUT2D eigenvalue weighted by Crippen LogP contribution is 2.23. The van der Waals surface area contributed by atoms with Crippen molar-refractivity contribution in [2.45, 2.75) is 25.7 Å². The molecule has 0 unspecified atom stereocenters. The minimum Gasteiger partial charge on any atom is -0.497 e. The quantitative estimate of drug-likeness (QED) is 0.805. The third kappa shape index (κ3) is 5.11. The Labute approximate surface area is 139 Å². The normalized spacial score (nSPS) is 23.6. The molecular weight excluding hydrogens is 290 g/mol. The number of likely N-dealkylation sites (tertiary alicyclic amines) is 1. The van der Waals surface area contributed by atoms with E-state index in [0.29, 0.717) is 5.92 Å². The fourth-order valence-corrected chi connectivity index (χ4v) is 3.54. The molecule has 0 bridgehead atoms. The molecule has 2 aliphatic heterocycles. The first-order valence-electron chi connectivity index (χ1n) is 8.90. The summed E-state index contributed by atoms with van der Waals surface area (Å²) in [5, 5.41) is 0. The summed E-state index contributed by atoms with van der Waals surface area (Å²) in [5.41, 5.74) is 0. The van der Waals surface area contributed by atoms with Crippen molar-refractivity contribution in [1.29, 1.82) is 0 Å². The molecule has 1 aromatic carbocycles. The minimum atomic E-state index is 0.677. The smallest absolute Gasteiger partial charge is 0.119 e. The molecule has 1 atom stereocenters. The van der Waals surface area contributed by atoms with Crippen LogP contribution in [0.15, 0.2) is 24.3 Å². The first-order valence-corrected chi connectivity index (χ1v) is 8.90. The van der Waals surface area contributed by atoms with Gasteiger partial charge in [-0.3, -0.25) is 0 Å². The molecule has 0 radical (unpaired) electrons. The average Bonchev–Trinajstić information content (AvgIpc) is 2.62. The van der Waals surface area contributed by atoms with Crippen LogP contribution in [0.1, 0.15) is 25.7 Å². The summed E-state index contributed by atoms with van der Waals surface area (Å²) >= 11 is 0. The van der Waals surface area contributed by atoms with E-state index in [9.17, 15) is 0 Å². The molecule has 0 amide bonds. The van der Waals surface area contributed by atoms with Crippen LogP contribution in [0.3, 0.4) is 0 Å². The molecule has 0 saturated carbocycles. The van der Waals surface area contributed by atoms with Gasteiger partial charge in [-0.2, -0.15) is 0 Å². The van der Waals surface area contributed by atoms with Crippen molar-refractivity contribution in [3.8, 4) is 11.5 Å². The van der Waals surface area contributed by atoms with Crippen LogP contribution in [0.2, 0.25) is 0 Å². The van der Waals surface area contributed by atoms with Gasteiger partial charge < -0.3 is 19.1 Å². The maximum Gasteiger partial charge on any atom is 0.119 e. The molecule has 0 spiro atoms. The maximum atomic E-state index is 5.94. The molecule has 0 N–H and O–H groups in total. The summed E-state index contributed by atoms with van der Waals surface area (Å²) in [7, 11) is 1.68. The number of rotatable bonds is 6. The second kappa shape index (κ2) is 8.55. The Morgan fingerprint density at radius 2 is 1.78 bits per heavy atom. The van der Waals surface area contributed by atoms with Gasteiger partial charge in [0.25, 0.3) is 0 Å². The average molecular weight is 319 g/mol. The fourth-order valence-electron chi connectivity index (χ4n) is 3.54. The van der Waals surface area contributed by atoms with E-state index in [0.717, 1.165) is 37.2 Å². The highest BCUT2D eigenvalue weighted by molar-refractivity contribution is 5.31. The summed E-state index contributed by atoms with van der Waals surface area (Å²) in [6.45, 7) is 6.36. The van der Waals surface area contributed by atoms with Crippen LogP contribution in [0.5, 0.6) is 11.5 Å². The van der Waals surface area contributed by atoms with E-state index in [1.54, 1.807) is 7.11 Å². The number of benzene rings is 1. The number of ether oxygens (including phenoxy) is 3. The van der Waals surface area contributed by atoms with Gasteiger partial charge in [-0.15, -0.1) is 0 Å². The third-order valence-electron chi connectivity index (χ3n) is 5.02. The Morgan fingerprint density at radius 1 is 1.04 bits per heavy atom. The monoisotopic (exact) mass is 319 g/mol. The molecule has 3 rings (SSSR count). The van der Waals surface area contributed by atoms with Gasteiger partial charge in [0.15, 0.2) is 0 Å². The van der Waals surface area contributed by atoms with E-state index >= 15 is 0 Å². The second-order valence-corrected chi connectivity index (χ2v) is 6.81. The topological polar surface area (TPSA) is 30.9 Å². The molecule has 0 aromatic heterocycles. The van der Waals surface area contributed by atoms with E-state index in [4.69, 9.17) is 14.2 Å². The van der Waals surface area contributed by atoms with Gasteiger partial charge >= 0.3 is 0 Å². The minimum absolute atomic E-state index is 0.677. The number of methoxy groups -OCH3 is 1. The highest BCUT2D eigenvalue weighted by Gasteiger charge is 2.23. The number of hydrogen-bond acceptors (Lipinski definition) is 4. The lowest BCUT2D eigenvalue weighted by Gasteiger charge is -2.35. The predicted molar refractivity (Wildman–Crippen MR) is 91.2 cm³/mol. The molecule has 2 aliphatic rings. The zero-order valence-electron chi connectivity index (χ0n) is 14.2. The van der Waals surface area contributed by atoms with Crippen LogP contribution in [0, 0.1) is 11.8 Å². The van der Waals surface area contributed by atoms with Crippen LogP contribution in [-0.2, 0) is 4.74 Å². The van der Waals surface area contributed by atoms with Crippen molar-refractivity contribution in [2.75, 3.05) is 46.6 Å². The van der Waals surface area contributed by atoms with Crippen LogP contribution < -0.4 is 9.47 Å². The SMILES string of the molecule is COc1ccc(OCC2CCN(C[C@H]3CCCOC3)CC2)cc1. The summed E-state index contributed by atoms with van der Waals surface area (Å²) in [5.74, 6) is 3.23. The Kier molecular flexibility index (Phi) is 6.17. The number of hydrogen-bond donors (Lipinski definition) is 0. The molecular formula is C19H29NO3. The van der Waals surface area contributed by atoms with Crippen molar-refractivity contribution in [3.05, 3.63) is 24.3 Å².